The lowest BCUT2D eigenvalue weighted by molar-refractivity contribution is -0.0757. The van der Waals surface area contributed by atoms with E-state index in [2.05, 4.69) is 0 Å². The fraction of sp³-hybridized carbons (Fsp3) is 0.467. The van der Waals surface area contributed by atoms with E-state index >= 15 is 0 Å². The number of benzene rings is 1. The molecule has 7 heteroatoms. The van der Waals surface area contributed by atoms with Gasteiger partial charge in [-0.1, -0.05) is 36.4 Å². The minimum absolute atomic E-state index is 0.0161. The molecule has 1 aliphatic heterocycles. The fourth-order valence-electron chi connectivity index (χ4n) is 5.62. The van der Waals surface area contributed by atoms with Gasteiger partial charge in [-0.05, 0) is 62.8 Å². The van der Waals surface area contributed by atoms with Gasteiger partial charge >= 0.3 is 6.09 Å². The molecule has 1 saturated carbocycles. The number of aliphatic hydroxyl groups is 1. The molecule has 3 aliphatic rings. The van der Waals surface area contributed by atoms with Gasteiger partial charge < -0.3 is 19.3 Å². The quantitative estimate of drug-likeness (QED) is 0.483. The number of rotatable bonds is 7. The maximum atomic E-state index is 14.9. The standard InChI is InChI=1S/C30H35FN2O4/c1-20(21-8-10-22(11-9-21)23-14-16-33(24-12-13-24)27(34)18-23)32-17-15-30(37-28(32)35,19-29(2,3)36)25-6-4-5-7-26(25)31/h4,6,8-11,14,16,18,20,24,36H,5,7,12-13,15,17,19H2,1-3H3/t20-,30-/m0/s1. The molecule has 1 amide bonds. The predicted octanol–water partition coefficient (Wildman–Crippen LogP) is 6.23. The van der Waals surface area contributed by atoms with Gasteiger partial charge in [0.1, 0.15) is 11.4 Å². The Kier molecular flexibility index (Phi) is 6.61. The molecule has 0 bridgehead atoms. The molecule has 6 nitrogen and oxygen atoms in total. The van der Waals surface area contributed by atoms with E-state index < -0.39 is 17.3 Å². The fourth-order valence-corrected chi connectivity index (χ4v) is 5.62. The molecule has 37 heavy (non-hydrogen) atoms. The number of carbonyl (C=O) groups excluding carboxylic acids is 1. The van der Waals surface area contributed by atoms with Crippen LogP contribution >= 0.6 is 0 Å². The molecular weight excluding hydrogens is 471 g/mol. The highest BCUT2D eigenvalue weighted by molar-refractivity contribution is 5.71. The SMILES string of the molecule is C[C@@H](c1ccc(-c2ccn(C3CC3)c(=O)c2)cc1)N1CC[C@](CC(C)(C)O)(C2=C(F)CCC=C2)OC1=O. The summed E-state index contributed by atoms with van der Waals surface area (Å²) in [5, 5.41) is 10.6. The minimum Gasteiger partial charge on any atom is -0.438 e. The summed E-state index contributed by atoms with van der Waals surface area (Å²) in [6, 6.07) is 11.6. The molecule has 1 aromatic heterocycles. The van der Waals surface area contributed by atoms with Gasteiger partial charge in [-0.15, -0.1) is 0 Å². The van der Waals surface area contributed by atoms with E-state index in [1.807, 2.05) is 49.5 Å². The number of hydrogen-bond acceptors (Lipinski definition) is 4. The molecule has 1 saturated heterocycles. The van der Waals surface area contributed by atoms with E-state index in [1.165, 1.54) is 0 Å². The molecule has 196 valence electrons. The van der Waals surface area contributed by atoms with Crippen molar-refractivity contribution in [3.63, 3.8) is 0 Å². The van der Waals surface area contributed by atoms with Gasteiger partial charge in [0.2, 0.25) is 0 Å². The molecule has 0 unspecified atom stereocenters. The predicted molar refractivity (Wildman–Crippen MR) is 141 cm³/mol. The van der Waals surface area contributed by atoms with E-state index in [-0.39, 0.29) is 30.3 Å². The molecular formula is C30H35FN2O4. The summed E-state index contributed by atoms with van der Waals surface area (Å²) in [4.78, 5) is 27.4. The van der Waals surface area contributed by atoms with Crippen LogP contribution in [0, 0.1) is 0 Å². The van der Waals surface area contributed by atoms with E-state index in [9.17, 15) is 19.1 Å². The van der Waals surface area contributed by atoms with E-state index in [0.29, 0.717) is 31.0 Å². The number of pyridine rings is 1. The third-order valence-electron chi connectivity index (χ3n) is 7.67. The maximum Gasteiger partial charge on any atom is 0.411 e. The first kappa shape index (κ1) is 25.5. The summed E-state index contributed by atoms with van der Waals surface area (Å²) >= 11 is 0. The highest BCUT2D eigenvalue weighted by Crippen LogP contribution is 2.43. The molecule has 1 N–H and O–H groups in total. The second-order valence-corrected chi connectivity index (χ2v) is 11.2. The lowest BCUT2D eigenvalue weighted by atomic mass is 9.77. The molecule has 2 fully saturated rings. The van der Waals surface area contributed by atoms with E-state index in [1.54, 1.807) is 35.5 Å². The smallest absolute Gasteiger partial charge is 0.411 e. The first-order chi connectivity index (χ1) is 17.6. The van der Waals surface area contributed by atoms with Crippen LogP contribution in [0.25, 0.3) is 11.1 Å². The zero-order valence-corrected chi connectivity index (χ0v) is 21.7. The highest BCUT2D eigenvalue weighted by atomic mass is 19.1. The van der Waals surface area contributed by atoms with Crippen molar-refractivity contribution in [3.8, 4) is 11.1 Å². The minimum atomic E-state index is -1.20. The van der Waals surface area contributed by atoms with Gasteiger partial charge in [0.15, 0.2) is 0 Å². The molecule has 2 heterocycles. The molecule has 2 aliphatic carbocycles. The van der Waals surface area contributed by atoms with Gasteiger partial charge in [0, 0.05) is 49.7 Å². The Morgan fingerprint density at radius 1 is 1.16 bits per heavy atom. The van der Waals surface area contributed by atoms with E-state index in [0.717, 1.165) is 29.5 Å². The zero-order valence-electron chi connectivity index (χ0n) is 21.7. The second-order valence-electron chi connectivity index (χ2n) is 11.2. The summed E-state index contributed by atoms with van der Waals surface area (Å²) in [6.45, 7) is 5.62. The van der Waals surface area contributed by atoms with E-state index in [4.69, 9.17) is 4.74 Å². The molecule has 5 rings (SSSR count). The summed E-state index contributed by atoms with van der Waals surface area (Å²) in [6.07, 6.45) is 8.47. The Morgan fingerprint density at radius 2 is 1.89 bits per heavy atom. The number of amides is 1. The van der Waals surface area contributed by atoms with Gasteiger partial charge in [0.25, 0.3) is 5.56 Å². The monoisotopic (exact) mass is 506 g/mol. The first-order valence-corrected chi connectivity index (χ1v) is 13.2. The summed E-state index contributed by atoms with van der Waals surface area (Å²) in [5.74, 6) is -0.276. The number of cyclic esters (lactones) is 1. The topological polar surface area (TPSA) is 71.8 Å². The van der Waals surface area contributed by atoms with Crippen molar-refractivity contribution >= 4 is 6.09 Å². The van der Waals surface area contributed by atoms with Crippen LogP contribution in [0.4, 0.5) is 9.18 Å². The van der Waals surface area contributed by atoms with Crippen molar-refractivity contribution < 1.29 is 19.0 Å². The van der Waals surface area contributed by atoms with Crippen molar-refractivity contribution in [1.82, 2.24) is 9.47 Å². The number of allylic oxidation sites excluding steroid dienone is 2. The van der Waals surface area contributed by atoms with Gasteiger partial charge in [-0.2, -0.15) is 0 Å². The van der Waals surface area contributed by atoms with Crippen LogP contribution in [0.1, 0.15) is 76.9 Å². The number of ether oxygens (including phenoxy) is 1. The van der Waals surface area contributed by atoms with Crippen molar-refractivity contribution in [2.75, 3.05) is 6.54 Å². The molecule has 1 aromatic carbocycles. The Hall–Kier alpha value is -3.19. The number of carbonyl (C=O) groups is 1. The third-order valence-corrected chi connectivity index (χ3v) is 7.67. The average molecular weight is 507 g/mol. The van der Waals surface area contributed by atoms with Crippen molar-refractivity contribution in [1.29, 1.82) is 0 Å². The molecule has 2 atom stereocenters. The zero-order chi connectivity index (χ0) is 26.4. The van der Waals surface area contributed by atoms with Crippen molar-refractivity contribution in [2.45, 2.75) is 82.6 Å². The van der Waals surface area contributed by atoms with Crippen LogP contribution in [0.2, 0.25) is 0 Å². The van der Waals surface area contributed by atoms with Crippen LogP contribution in [0.3, 0.4) is 0 Å². The van der Waals surface area contributed by atoms with Gasteiger partial charge in [-0.3, -0.25) is 4.79 Å². The number of halogens is 1. The first-order valence-electron chi connectivity index (χ1n) is 13.2. The number of nitrogens with zero attached hydrogens (tertiary/aromatic N) is 2. The molecule has 0 radical (unpaired) electrons. The normalized spacial score (nSPS) is 23.3. The Morgan fingerprint density at radius 3 is 2.49 bits per heavy atom. The number of hydrogen-bond donors (Lipinski definition) is 1. The Bertz CT molecular complexity index is 1300. The van der Waals surface area contributed by atoms with Crippen molar-refractivity contribution in [3.05, 3.63) is 82.1 Å². The van der Waals surface area contributed by atoms with Crippen molar-refractivity contribution in [2.24, 2.45) is 0 Å². The Labute approximate surface area is 217 Å². The second kappa shape index (κ2) is 9.60. The van der Waals surface area contributed by atoms with Gasteiger partial charge in [-0.25, -0.2) is 9.18 Å². The lowest BCUT2D eigenvalue weighted by Gasteiger charge is -2.46. The Balaban J connectivity index is 1.33. The third kappa shape index (κ3) is 5.28. The summed E-state index contributed by atoms with van der Waals surface area (Å²) in [5.41, 5.74) is 0.791. The van der Waals surface area contributed by atoms with Crippen LogP contribution in [-0.2, 0) is 4.74 Å². The number of aromatic nitrogens is 1. The van der Waals surface area contributed by atoms with Crippen LogP contribution in [0.5, 0.6) is 0 Å². The largest absolute Gasteiger partial charge is 0.438 e. The lowest BCUT2D eigenvalue weighted by Crippen LogP contribution is -2.53. The maximum absolute atomic E-state index is 14.9. The molecule has 2 aromatic rings. The van der Waals surface area contributed by atoms with Crippen LogP contribution < -0.4 is 5.56 Å². The van der Waals surface area contributed by atoms with Crippen LogP contribution in [0.15, 0.2) is 70.9 Å². The van der Waals surface area contributed by atoms with Gasteiger partial charge in [0.05, 0.1) is 11.6 Å². The average Bonchev–Trinajstić information content (AvgIpc) is 3.68. The molecule has 0 spiro atoms. The highest BCUT2D eigenvalue weighted by Gasteiger charge is 2.48. The summed E-state index contributed by atoms with van der Waals surface area (Å²) < 4.78 is 22.7. The van der Waals surface area contributed by atoms with Crippen LogP contribution in [-0.4, -0.2) is 38.4 Å². The summed E-state index contributed by atoms with van der Waals surface area (Å²) in [7, 11) is 0.